The number of rotatable bonds is 17. The lowest BCUT2D eigenvalue weighted by molar-refractivity contribution is -0.148. The highest BCUT2D eigenvalue weighted by Crippen LogP contribution is 2.17. The molecule has 0 spiro atoms. The van der Waals surface area contributed by atoms with Crippen LogP contribution in [0.5, 0.6) is 0 Å². The first kappa shape index (κ1) is 23.7. The Balaban J connectivity index is 4.32. The second-order valence-corrected chi connectivity index (χ2v) is 6.75. The van der Waals surface area contributed by atoms with Crippen LogP contribution in [-0.2, 0) is 14.4 Å². The molecular formula is C19H36N2O4. The molecule has 0 aliphatic rings. The summed E-state index contributed by atoms with van der Waals surface area (Å²) in [6.07, 6.45) is 9.24. The quantitative estimate of drug-likeness (QED) is 0.210. The van der Waals surface area contributed by atoms with Gasteiger partial charge in [0.25, 0.3) is 0 Å². The number of aldehydes is 1. The van der Waals surface area contributed by atoms with Gasteiger partial charge in [0, 0.05) is 18.9 Å². The minimum atomic E-state index is -1.94. The van der Waals surface area contributed by atoms with E-state index in [1.165, 1.54) is 32.1 Å². The van der Waals surface area contributed by atoms with Crippen molar-refractivity contribution in [2.45, 2.75) is 96.1 Å². The summed E-state index contributed by atoms with van der Waals surface area (Å²) in [7, 11) is 0. The van der Waals surface area contributed by atoms with Gasteiger partial charge >= 0.3 is 5.97 Å². The van der Waals surface area contributed by atoms with Crippen molar-refractivity contribution in [3.05, 3.63) is 0 Å². The zero-order chi connectivity index (χ0) is 19.1. The Hall–Kier alpha value is -1.27. The van der Waals surface area contributed by atoms with Gasteiger partial charge in [0.05, 0.1) is 0 Å². The molecule has 0 heterocycles. The summed E-state index contributed by atoms with van der Waals surface area (Å²) in [5, 5.41) is 12.7. The number of hydrogen-bond donors (Lipinski definition) is 3. The largest absolute Gasteiger partial charge is 0.480 e. The average molecular weight is 357 g/mol. The lowest BCUT2D eigenvalue weighted by atomic mass is 9.86. The minimum absolute atomic E-state index is 0.0215. The minimum Gasteiger partial charge on any atom is -0.480 e. The van der Waals surface area contributed by atoms with E-state index in [0.717, 1.165) is 19.4 Å². The summed E-state index contributed by atoms with van der Waals surface area (Å²) >= 11 is 0. The maximum absolute atomic E-state index is 12.2. The van der Waals surface area contributed by atoms with Crippen molar-refractivity contribution >= 4 is 18.0 Å². The summed E-state index contributed by atoms with van der Waals surface area (Å²) in [4.78, 5) is 34.0. The molecule has 0 aromatic rings. The number of ketones is 1. The van der Waals surface area contributed by atoms with Crippen molar-refractivity contribution in [3.8, 4) is 0 Å². The van der Waals surface area contributed by atoms with Crippen LogP contribution < -0.4 is 11.1 Å². The summed E-state index contributed by atoms with van der Waals surface area (Å²) < 4.78 is 0. The average Bonchev–Trinajstić information content (AvgIpc) is 2.58. The van der Waals surface area contributed by atoms with Crippen LogP contribution in [-0.4, -0.2) is 41.3 Å². The number of carbonyl (C=O) groups excluding carboxylic acids is 2. The van der Waals surface area contributed by atoms with Crippen LogP contribution in [0.1, 0.15) is 84.5 Å². The number of nitrogens with two attached hydrogens (primary N) is 1. The second-order valence-electron chi connectivity index (χ2n) is 6.75. The van der Waals surface area contributed by atoms with Gasteiger partial charge in [-0.05, 0) is 32.2 Å². The molecule has 0 aromatic heterocycles. The van der Waals surface area contributed by atoms with Crippen LogP contribution in [0.15, 0.2) is 0 Å². The van der Waals surface area contributed by atoms with Crippen LogP contribution in [0.2, 0.25) is 0 Å². The molecule has 0 aromatic carbocycles. The fourth-order valence-corrected chi connectivity index (χ4v) is 3.02. The van der Waals surface area contributed by atoms with Crippen molar-refractivity contribution in [2.24, 2.45) is 5.73 Å². The van der Waals surface area contributed by atoms with Crippen molar-refractivity contribution in [1.29, 1.82) is 0 Å². The molecule has 2 unspecified atom stereocenters. The van der Waals surface area contributed by atoms with E-state index in [9.17, 15) is 19.5 Å². The van der Waals surface area contributed by atoms with E-state index in [4.69, 9.17) is 5.73 Å². The topological polar surface area (TPSA) is 109 Å². The van der Waals surface area contributed by atoms with Gasteiger partial charge in [0.2, 0.25) is 0 Å². The van der Waals surface area contributed by atoms with Gasteiger partial charge in [0.15, 0.2) is 11.3 Å². The highest BCUT2D eigenvalue weighted by Gasteiger charge is 2.40. The molecule has 0 bridgehead atoms. The normalized spacial score (nSPS) is 14.7. The van der Waals surface area contributed by atoms with Crippen LogP contribution in [0.4, 0.5) is 0 Å². The highest BCUT2D eigenvalue weighted by molar-refractivity contribution is 6.07. The number of aliphatic carboxylic acids is 1. The van der Waals surface area contributed by atoms with Crippen molar-refractivity contribution in [2.75, 3.05) is 6.54 Å². The number of Topliss-reactive ketones (excluding diaryl/α,β-unsaturated/α-hetero) is 1. The summed E-state index contributed by atoms with van der Waals surface area (Å²) in [6.45, 7) is 5.13. The third-order valence-corrected chi connectivity index (χ3v) is 4.64. The number of carboxylic acids is 1. The molecule has 6 nitrogen and oxygen atoms in total. The molecule has 146 valence electrons. The standard InChI is InChI=1S/C19H36N2O4/c1-3-5-6-7-8-11-16(21-4-2)12-9-13-17(23)19(20,18(24)25)14-10-15-22/h15-16,21H,3-14,20H2,1-2H3,(H,24,25). The van der Waals surface area contributed by atoms with Crippen molar-refractivity contribution < 1.29 is 19.5 Å². The van der Waals surface area contributed by atoms with Gasteiger partial charge in [-0.2, -0.15) is 0 Å². The predicted octanol–water partition coefficient (Wildman–Crippen LogP) is 2.83. The third-order valence-electron chi connectivity index (χ3n) is 4.64. The first-order chi connectivity index (χ1) is 11.9. The fourth-order valence-electron chi connectivity index (χ4n) is 3.02. The Morgan fingerprint density at radius 1 is 1.12 bits per heavy atom. The SMILES string of the molecule is CCCCCCCC(CCCC(=O)C(N)(CCC=O)C(=O)O)NCC. The van der Waals surface area contributed by atoms with Crippen LogP contribution in [0.25, 0.3) is 0 Å². The van der Waals surface area contributed by atoms with Gasteiger partial charge in [-0.3, -0.25) is 4.79 Å². The van der Waals surface area contributed by atoms with Crippen molar-refractivity contribution in [1.82, 2.24) is 5.32 Å². The van der Waals surface area contributed by atoms with Crippen LogP contribution in [0, 0.1) is 0 Å². The molecule has 0 fully saturated rings. The molecule has 4 N–H and O–H groups in total. The maximum atomic E-state index is 12.2. The number of carbonyl (C=O) groups is 3. The summed E-state index contributed by atoms with van der Waals surface area (Å²) in [5.74, 6) is -1.83. The van der Waals surface area contributed by atoms with Crippen molar-refractivity contribution in [3.63, 3.8) is 0 Å². The third kappa shape index (κ3) is 9.70. The Labute approximate surface area is 151 Å². The molecule has 25 heavy (non-hydrogen) atoms. The number of unbranched alkanes of at least 4 members (excludes halogenated alkanes) is 4. The van der Waals surface area contributed by atoms with Gasteiger partial charge in [-0.15, -0.1) is 0 Å². The zero-order valence-electron chi connectivity index (χ0n) is 15.9. The van der Waals surface area contributed by atoms with Gasteiger partial charge < -0.3 is 21.0 Å². The van der Waals surface area contributed by atoms with E-state index in [2.05, 4.69) is 19.2 Å². The number of hydrogen-bond acceptors (Lipinski definition) is 5. The molecule has 0 aliphatic heterocycles. The van der Waals surface area contributed by atoms with Crippen LogP contribution in [0.3, 0.4) is 0 Å². The van der Waals surface area contributed by atoms with Crippen LogP contribution >= 0.6 is 0 Å². The van der Waals surface area contributed by atoms with Gasteiger partial charge in [-0.25, -0.2) is 4.79 Å². The molecular weight excluding hydrogens is 320 g/mol. The van der Waals surface area contributed by atoms with E-state index in [0.29, 0.717) is 18.7 Å². The summed E-state index contributed by atoms with van der Waals surface area (Å²) in [5.41, 5.74) is 3.81. The molecule has 0 radical (unpaired) electrons. The van der Waals surface area contributed by atoms with E-state index in [1.54, 1.807) is 0 Å². The first-order valence-electron chi connectivity index (χ1n) is 9.64. The number of carboxylic acid groups (broad SMARTS) is 1. The molecule has 2 atom stereocenters. The first-order valence-corrected chi connectivity index (χ1v) is 9.64. The Morgan fingerprint density at radius 2 is 1.76 bits per heavy atom. The molecule has 6 heteroatoms. The zero-order valence-corrected chi connectivity index (χ0v) is 15.9. The lowest BCUT2D eigenvalue weighted by Gasteiger charge is -2.23. The molecule has 0 aliphatic carbocycles. The molecule has 0 amide bonds. The number of nitrogens with one attached hydrogen (secondary N) is 1. The van der Waals surface area contributed by atoms with E-state index in [-0.39, 0.29) is 19.3 Å². The van der Waals surface area contributed by atoms with E-state index < -0.39 is 17.3 Å². The smallest absolute Gasteiger partial charge is 0.331 e. The summed E-state index contributed by atoms with van der Waals surface area (Å²) in [6, 6.07) is 0.353. The Kier molecular flexibility index (Phi) is 13.2. The highest BCUT2D eigenvalue weighted by atomic mass is 16.4. The lowest BCUT2D eigenvalue weighted by Crippen LogP contribution is -2.55. The predicted molar refractivity (Wildman–Crippen MR) is 99.6 cm³/mol. The van der Waals surface area contributed by atoms with E-state index >= 15 is 0 Å². The van der Waals surface area contributed by atoms with Gasteiger partial charge in [0.1, 0.15) is 6.29 Å². The molecule has 0 rings (SSSR count). The molecule has 0 saturated heterocycles. The maximum Gasteiger partial charge on any atom is 0.331 e. The van der Waals surface area contributed by atoms with Gasteiger partial charge in [-0.1, -0.05) is 46.0 Å². The second kappa shape index (κ2) is 14.0. The fraction of sp³-hybridized carbons (Fsp3) is 0.842. The Bertz CT molecular complexity index is 401. The van der Waals surface area contributed by atoms with E-state index in [1.807, 2.05) is 0 Å². The monoisotopic (exact) mass is 356 g/mol. The molecule has 0 saturated carbocycles. The Morgan fingerprint density at radius 3 is 2.32 bits per heavy atom.